The first kappa shape index (κ1) is 14.4. The van der Waals surface area contributed by atoms with E-state index in [0.717, 1.165) is 45.3 Å². The quantitative estimate of drug-likeness (QED) is 0.413. The maximum absolute atomic E-state index is 9.99. The molecule has 1 N–H and O–H groups in total. The van der Waals surface area contributed by atoms with E-state index in [2.05, 4.69) is 31.0 Å². The molecule has 1 aliphatic rings. The van der Waals surface area contributed by atoms with E-state index in [1.54, 1.807) is 0 Å². The van der Waals surface area contributed by atoms with Gasteiger partial charge in [-0.3, -0.25) is 4.48 Å². The van der Waals surface area contributed by atoms with Crippen LogP contribution in [0.4, 0.5) is 0 Å². The van der Waals surface area contributed by atoms with Gasteiger partial charge < -0.3 is 5.11 Å². The Labute approximate surface area is 105 Å². The zero-order valence-corrected chi connectivity index (χ0v) is 11.5. The Hall–Kier alpha value is -0.670. The number of amidine groups is 1. The number of allylic oxidation sites excluding steroid dienone is 2. The molecular formula is C14H27N2O+. The highest BCUT2D eigenvalue weighted by molar-refractivity contribution is 5.76. The average molecular weight is 239 g/mol. The van der Waals surface area contributed by atoms with Crippen molar-refractivity contribution in [1.29, 1.82) is 0 Å². The zero-order chi connectivity index (χ0) is 12.7. The van der Waals surface area contributed by atoms with Crippen molar-refractivity contribution in [3.05, 3.63) is 12.2 Å². The van der Waals surface area contributed by atoms with Gasteiger partial charge >= 0.3 is 0 Å². The monoisotopic (exact) mass is 239 g/mol. The average Bonchev–Trinajstić information content (AvgIpc) is 2.73. The lowest BCUT2D eigenvalue weighted by molar-refractivity contribution is -0.882. The van der Waals surface area contributed by atoms with Crippen LogP contribution in [-0.4, -0.2) is 41.3 Å². The SMILES string of the molecule is CC/C=C/CCCC1=NCC[N+]1(CC)C(C)O. The molecule has 0 saturated carbocycles. The van der Waals surface area contributed by atoms with Crippen LogP contribution in [-0.2, 0) is 0 Å². The minimum absolute atomic E-state index is 0.326. The van der Waals surface area contributed by atoms with Gasteiger partial charge in [-0.15, -0.1) is 0 Å². The third-order valence-electron chi connectivity index (χ3n) is 3.76. The summed E-state index contributed by atoms with van der Waals surface area (Å²) in [4.78, 5) is 4.60. The lowest BCUT2D eigenvalue weighted by atomic mass is 10.1. The van der Waals surface area contributed by atoms with Crippen molar-refractivity contribution in [2.45, 2.75) is 52.7 Å². The van der Waals surface area contributed by atoms with Gasteiger partial charge in [0.05, 0.1) is 13.1 Å². The molecule has 0 radical (unpaired) electrons. The summed E-state index contributed by atoms with van der Waals surface area (Å²) in [6.45, 7) is 8.98. The summed E-state index contributed by atoms with van der Waals surface area (Å²) < 4.78 is 0.692. The molecule has 3 heteroatoms. The minimum Gasteiger partial charge on any atom is -0.345 e. The van der Waals surface area contributed by atoms with Crippen LogP contribution in [0.5, 0.6) is 0 Å². The first-order valence-electron chi connectivity index (χ1n) is 6.91. The summed E-state index contributed by atoms with van der Waals surface area (Å²) in [6, 6.07) is 0. The second kappa shape index (κ2) is 6.92. The largest absolute Gasteiger partial charge is 0.345 e. The number of unbranched alkanes of at least 4 members (excludes halogenated alkanes) is 1. The maximum atomic E-state index is 9.99. The van der Waals surface area contributed by atoms with Gasteiger partial charge in [-0.1, -0.05) is 19.1 Å². The van der Waals surface area contributed by atoms with Gasteiger partial charge in [0.25, 0.3) is 0 Å². The minimum atomic E-state index is -0.326. The van der Waals surface area contributed by atoms with Gasteiger partial charge in [-0.25, -0.2) is 4.99 Å². The summed E-state index contributed by atoms with van der Waals surface area (Å²) in [5.41, 5.74) is 0. The molecule has 0 saturated heterocycles. The van der Waals surface area contributed by atoms with Crippen molar-refractivity contribution in [3.63, 3.8) is 0 Å². The van der Waals surface area contributed by atoms with Crippen molar-refractivity contribution < 1.29 is 9.59 Å². The molecule has 0 aliphatic carbocycles. The molecule has 0 amide bonds. The predicted molar refractivity (Wildman–Crippen MR) is 72.9 cm³/mol. The summed E-state index contributed by atoms with van der Waals surface area (Å²) in [7, 11) is 0. The second-order valence-electron chi connectivity index (χ2n) is 4.78. The van der Waals surface area contributed by atoms with Crippen LogP contribution >= 0.6 is 0 Å². The van der Waals surface area contributed by atoms with Gasteiger partial charge in [-0.05, 0) is 26.2 Å². The second-order valence-corrected chi connectivity index (χ2v) is 4.78. The van der Waals surface area contributed by atoms with Gasteiger partial charge in [0.2, 0.25) is 5.84 Å². The summed E-state index contributed by atoms with van der Waals surface area (Å²) in [6.07, 6.45) is 8.54. The van der Waals surface area contributed by atoms with Crippen molar-refractivity contribution in [1.82, 2.24) is 0 Å². The van der Waals surface area contributed by atoms with Gasteiger partial charge in [0.15, 0.2) is 6.23 Å². The first-order chi connectivity index (χ1) is 8.17. The molecule has 2 atom stereocenters. The fraction of sp³-hybridized carbons (Fsp3) is 0.786. The molecule has 2 unspecified atom stereocenters. The number of rotatable bonds is 7. The highest BCUT2D eigenvalue weighted by atomic mass is 16.3. The number of hydrogen-bond acceptors (Lipinski definition) is 2. The van der Waals surface area contributed by atoms with Crippen LogP contribution in [0.2, 0.25) is 0 Å². The van der Waals surface area contributed by atoms with E-state index in [-0.39, 0.29) is 6.23 Å². The van der Waals surface area contributed by atoms with Crippen LogP contribution in [0, 0.1) is 0 Å². The number of quaternary nitrogens is 1. The summed E-state index contributed by atoms with van der Waals surface area (Å²) >= 11 is 0. The highest BCUT2D eigenvalue weighted by Gasteiger charge is 2.40. The Kier molecular flexibility index (Phi) is 5.86. The molecule has 3 nitrogen and oxygen atoms in total. The number of aliphatic imine (C=N–C) groups is 1. The maximum Gasteiger partial charge on any atom is 0.200 e. The van der Waals surface area contributed by atoms with Crippen molar-refractivity contribution in [2.24, 2.45) is 4.99 Å². The van der Waals surface area contributed by atoms with Crippen LogP contribution in [0.15, 0.2) is 17.1 Å². The molecule has 98 valence electrons. The predicted octanol–water partition coefficient (Wildman–Crippen LogP) is 2.71. The van der Waals surface area contributed by atoms with E-state index in [4.69, 9.17) is 0 Å². The van der Waals surface area contributed by atoms with E-state index in [0.29, 0.717) is 4.48 Å². The lowest BCUT2D eigenvalue weighted by Crippen LogP contribution is -2.56. The Morgan fingerprint density at radius 3 is 2.76 bits per heavy atom. The Balaban J connectivity index is 2.49. The van der Waals surface area contributed by atoms with E-state index in [1.807, 2.05) is 6.92 Å². The Morgan fingerprint density at radius 1 is 1.41 bits per heavy atom. The molecule has 1 heterocycles. The molecule has 1 rings (SSSR count). The fourth-order valence-corrected chi connectivity index (χ4v) is 2.60. The smallest absolute Gasteiger partial charge is 0.200 e. The Morgan fingerprint density at radius 2 is 2.18 bits per heavy atom. The van der Waals surface area contributed by atoms with Crippen LogP contribution in [0.1, 0.15) is 46.5 Å². The number of nitrogens with zero attached hydrogens (tertiary/aromatic N) is 2. The van der Waals surface area contributed by atoms with E-state index in [9.17, 15) is 5.11 Å². The highest BCUT2D eigenvalue weighted by Crippen LogP contribution is 2.22. The van der Waals surface area contributed by atoms with Gasteiger partial charge in [0.1, 0.15) is 6.54 Å². The van der Waals surface area contributed by atoms with Crippen LogP contribution in [0.3, 0.4) is 0 Å². The lowest BCUT2D eigenvalue weighted by Gasteiger charge is -2.36. The molecule has 0 aromatic carbocycles. The molecule has 0 fully saturated rings. The number of hydrogen-bond donors (Lipinski definition) is 1. The molecule has 0 aromatic rings. The van der Waals surface area contributed by atoms with Gasteiger partial charge in [-0.2, -0.15) is 0 Å². The van der Waals surface area contributed by atoms with E-state index >= 15 is 0 Å². The molecule has 0 aromatic heterocycles. The van der Waals surface area contributed by atoms with E-state index < -0.39 is 0 Å². The number of aliphatic hydroxyl groups excluding tert-OH is 1. The molecule has 17 heavy (non-hydrogen) atoms. The molecule has 0 spiro atoms. The molecule has 1 aliphatic heterocycles. The standard InChI is InChI=1S/C14H27N2O/c1-4-6-7-8-9-10-14-15-11-12-16(14,5-2)13(3)17/h6-7,13,17H,4-5,8-12H2,1-3H3/q+1/b7-6+. The fourth-order valence-electron chi connectivity index (χ4n) is 2.60. The number of likely N-dealkylation sites (N-methyl/N-ethyl adjacent to an activating group) is 1. The normalized spacial score (nSPS) is 26.5. The van der Waals surface area contributed by atoms with Crippen molar-refractivity contribution in [3.8, 4) is 0 Å². The third kappa shape index (κ3) is 3.39. The van der Waals surface area contributed by atoms with Crippen molar-refractivity contribution >= 4 is 5.84 Å². The topological polar surface area (TPSA) is 32.6 Å². The summed E-state index contributed by atoms with van der Waals surface area (Å²) in [5.74, 6) is 1.20. The van der Waals surface area contributed by atoms with Crippen molar-refractivity contribution in [2.75, 3.05) is 19.6 Å². The zero-order valence-electron chi connectivity index (χ0n) is 11.5. The third-order valence-corrected chi connectivity index (χ3v) is 3.76. The van der Waals surface area contributed by atoms with Gasteiger partial charge in [0, 0.05) is 13.3 Å². The Bertz CT molecular complexity index is 284. The van der Waals surface area contributed by atoms with Crippen LogP contribution < -0.4 is 0 Å². The van der Waals surface area contributed by atoms with E-state index in [1.165, 1.54) is 5.84 Å². The molecular weight excluding hydrogens is 212 g/mol. The first-order valence-corrected chi connectivity index (χ1v) is 6.91. The summed E-state index contributed by atoms with van der Waals surface area (Å²) in [5, 5.41) is 9.99. The molecule has 0 bridgehead atoms. The number of aliphatic hydroxyl groups is 1. The van der Waals surface area contributed by atoms with Crippen LogP contribution in [0.25, 0.3) is 0 Å².